The molecule has 0 spiro atoms. The van der Waals surface area contributed by atoms with Crippen molar-refractivity contribution >= 4 is 5.91 Å². The molecule has 0 bridgehead atoms. The molecule has 3 N–H and O–H groups in total. The Kier molecular flexibility index (Phi) is 4.11. The number of piperidine rings is 1. The zero-order valence-electron chi connectivity index (χ0n) is 10.0. The van der Waals surface area contributed by atoms with Crippen LogP contribution in [0.5, 0.6) is 0 Å². The van der Waals surface area contributed by atoms with E-state index in [1.807, 2.05) is 6.92 Å². The van der Waals surface area contributed by atoms with Gasteiger partial charge in [-0.2, -0.15) is 0 Å². The Morgan fingerprint density at radius 3 is 2.80 bits per heavy atom. The first-order valence-corrected chi connectivity index (χ1v) is 5.69. The Labute approximate surface area is 92.2 Å². The topological polar surface area (TPSA) is 58.4 Å². The van der Waals surface area contributed by atoms with Gasteiger partial charge in [-0.1, -0.05) is 6.92 Å². The van der Waals surface area contributed by atoms with Gasteiger partial charge >= 0.3 is 0 Å². The van der Waals surface area contributed by atoms with Gasteiger partial charge in [0.25, 0.3) is 0 Å². The summed E-state index contributed by atoms with van der Waals surface area (Å²) in [7, 11) is 1.79. The van der Waals surface area contributed by atoms with E-state index in [9.17, 15) is 4.79 Å². The second-order valence-corrected chi connectivity index (χ2v) is 4.93. The lowest BCUT2D eigenvalue weighted by molar-refractivity contribution is -0.124. The van der Waals surface area contributed by atoms with Crippen LogP contribution < -0.4 is 11.1 Å². The standard InChI is InChI=1S/C11H23N3O/c1-9-5-4-6-14(7-9)8-11(2,13-3)10(12)15/h9,13H,4-8H2,1-3H3,(H2,12,15). The minimum absolute atomic E-state index is 0.275. The van der Waals surface area contributed by atoms with Gasteiger partial charge in [0.15, 0.2) is 0 Å². The summed E-state index contributed by atoms with van der Waals surface area (Å²) < 4.78 is 0. The molecule has 0 saturated carbocycles. The van der Waals surface area contributed by atoms with Gasteiger partial charge in [-0.25, -0.2) is 0 Å². The smallest absolute Gasteiger partial charge is 0.238 e. The lowest BCUT2D eigenvalue weighted by Crippen LogP contribution is -2.59. The van der Waals surface area contributed by atoms with E-state index >= 15 is 0 Å². The molecule has 4 nitrogen and oxygen atoms in total. The molecule has 0 aromatic carbocycles. The molecule has 15 heavy (non-hydrogen) atoms. The first-order valence-electron chi connectivity index (χ1n) is 5.69. The van der Waals surface area contributed by atoms with Crippen LogP contribution in [0.1, 0.15) is 26.7 Å². The molecular formula is C11H23N3O. The Balaban J connectivity index is 2.54. The van der Waals surface area contributed by atoms with Crippen molar-refractivity contribution in [3.63, 3.8) is 0 Å². The highest BCUT2D eigenvalue weighted by molar-refractivity contribution is 5.84. The lowest BCUT2D eigenvalue weighted by atomic mass is 9.96. The fourth-order valence-electron chi connectivity index (χ4n) is 2.16. The number of likely N-dealkylation sites (tertiary alicyclic amines) is 1. The zero-order chi connectivity index (χ0) is 11.5. The van der Waals surface area contributed by atoms with Gasteiger partial charge in [-0.15, -0.1) is 0 Å². The van der Waals surface area contributed by atoms with Crippen LogP contribution in [-0.2, 0) is 4.79 Å². The molecule has 1 heterocycles. The highest BCUT2D eigenvalue weighted by Crippen LogP contribution is 2.17. The van der Waals surface area contributed by atoms with Crippen LogP contribution in [0, 0.1) is 5.92 Å². The van der Waals surface area contributed by atoms with Crippen LogP contribution in [0.25, 0.3) is 0 Å². The van der Waals surface area contributed by atoms with Gasteiger partial charge in [0.05, 0.1) is 0 Å². The van der Waals surface area contributed by atoms with Gasteiger partial charge in [0, 0.05) is 13.1 Å². The summed E-state index contributed by atoms with van der Waals surface area (Å²) in [5.41, 5.74) is 4.81. The number of primary amides is 1. The van der Waals surface area contributed by atoms with Crippen LogP contribution in [-0.4, -0.2) is 43.0 Å². The van der Waals surface area contributed by atoms with Crippen LogP contribution in [0.2, 0.25) is 0 Å². The van der Waals surface area contributed by atoms with Crippen molar-refractivity contribution in [2.24, 2.45) is 11.7 Å². The number of carbonyl (C=O) groups excluding carboxylic acids is 1. The maximum absolute atomic E-state index is 11.3. The highest BCUT2D eigenvalue weighted by Gasteiger charge is 2.32. The normalized spacial score (nSPS) is 27.3. The molecule has 0 radical (unpaired) electrons. The number of nitrogens with two attached hydrogens (primary N) is 1. The van der Waals surface area contributed by atoms with E-state index in [4.69, 9.17) is 5.73 Å². The van der Waals surface area contributed by atoms with Crippen LogP contribution in [0.3, 0.4) is 0 Å². The zero-order valence-corrected chi connectivity index (χ0v) is 10.0. The summed E-state index contributed by atoms with van der Waals surface area (Å²) in [5, 5.41) is 3.02. The van der Waals surface area contributed by atoms with E-state index in [1.165, 1.54) is 12.8 Å². The Morgan fingerprint density at radius 1 is 1.67 bits per heavy atom. The molecule has 1 fully saturated rings. The Morgan fingerprint density at radius 2 is 2.33 bits per heavy atom. The quantitative estimate of drug-likeness (QED) is 0.700. The summed E-state index contributed by atoms with van der Waals surface area (Å²) in [5.74, 6) is 0.455. The van der Waals surface area contributed by atoms with Crippen molar-refractivity contribution in [2.75, 3.05) is 26.7 Å². The molecule has 1 amide bonds. The minimum Gasteiger partial charge on any atom is -0.368 e. The van der Waals surface area contributed by atoms with Crippen molar-refractivity contribution < 1.29 is 4.79 Å². The van der Waals surface area contributed by atoms with Crippen molar-refractivity contribution in [2.45, 2.75) is 32.2 Å². The number of hydrogen-bond acceptors (Lipinski definition) is 3. The average molecular weight is 213 g/mol. The van der Waals surface area contributed by atoms with Crippen LogP contribution in [0.15, 0.2) is 0 Å². The van der Waals surface area contributed by atoms with Crippen molar-refractivity contribution in [3.05, 3.63) is 0 Å². The van der Waals surface area contributed by atoms with Crippen molar-refractivity contribution in [1.82, 2.24) is 10.2 Å². The molecule has 0 aliphatic carbocycles. The van der Waals surface area contributed by atoms with Crippen molar-refractivity contribution in [1.29, 1.82) is 0 Å². The van der Waals surface area contributed by atoms with Crippen molar-refractivity contribution in [3.8, 4) is 0 Å². The van der Waals surface area contributed by atoms with Gasteiger partial charge in [-0.05, 0) is 39.3 Å². The molecule has 0 aromatic heterocycles. The molecule has 1 aliphatic heterocycles. The molecule has 2 unspecified atom stereocenters. The first-order chi connectivity index (χ1) is 6.98. The van der Waals surface area contributed by atoms with Gasteiger partial charge in [0.2, 0.25) is 5.91 Å². The largest absolute Gasteiger partial charge is 0.368 e. The third-order valence-corrected chi connectivity index (χ3v) is 3.38. The molecule has 4 heteroatoms. The molecule has 1 rings (SSSR count). The Bertz CT molecular complexity index is 232. The molecular weight excluding hydrogens is 190 g/mol. The number of amides is 1. The number of likely N-dealkylation sites (N-methyl/N-ethyl adjacent to an activating group) is 1. The third kappa shape index (κ3) is 3.18. The second-order valence-electron chi connectivity index (χ2n) is 4.93. The molecule has 2 atom stereocenters. The Hall–Kier alpha value is -0.610. The third-order valence-electron chi connectivity index (χ3n) is 3.38. The number of nitrogens with zero attached hydrogens (tertiary/aromatic N) is 1. The predicted octanol–water partition coefficient (Wildman–Crippen LogP) is 0.182. The summed E-state index contributed by atoms with van der Waals surface area (Å²) in [4.78, 5) is 13.7. The monoisotopic (exact) mass is 213 g/mol. The second kappa shape index (κ2) is 4.94. The predicted molar refractivity (Wildman–Crippen MR) is 61.5 cm³/mol. The summed E-state index contributed by atoms with van der Waals surface area (Å²) in [6, 6.07) is 0. The van der Waals surface area contributed by atoms with Crippen LogP contribution >= 0.6 is 0 Å². The maximum atomic E-state index is 11.3. The number of nitrogens with one attached hydrogen (secondary N) is 1. The molecule has 1 saturated heterocycles. The summed E-state index contributed by atoms with van der Waals surface area (Å²) >= 11 is 0. The van der Waals surface area contributed by atoms with Crippen LogP contribution in [0.4, 0.5) is 0 Å². The first kappa shape index (κ1) is 12.5. The SMILES string of the molecule is CNC(C)(CN1CCCC(C)C1)C(N)=O. The van der Waals surface area contributed by atoms with Gasteiger partial charge < -0.3 is 16.0 Å². The van der Waals surface area contributed by atoms with Gasteiger partial charge in [-0.3, -0.25) is 4.79 Å². The highest BCUT2D eigenvalue weighted by atomic mass is 16.1. The van der Waals surface area contributed by atoms with E-state index in [1.54, 1.807) is 7.05 Å². The average Bonchev–Trinajstić information content (AvgIpc) is 2.17. The van der Waals surface area contributed by atoms with E-state index < -0.39 is 5.54 Å². The minimum atomic E-state index is -0.600. The van der Waals surface area contributed by atoms with E-state index in [2.05, 4.69) is 17.1 Å². The van der Waals surface area contributed by atoms with E-state index in [0.29, 0.717) is 6.54 Å². The molecule has 1 aliphatic rings. The number of rotatable bonds is 4. The van der Waals surface area contributed by atoms with E-state index in [0.717, 1.165) is 19.0 Å². The molecule has 0 aromatic rings. The fraction of sp³-hybridized carbons (Fsp3) is 0.909. The maximum Gasteiger partial charge on any atom is 0.238 e. The van der Waals surface area contributed by atoms with Gasteiger partial charge in [0.1, 0.15) is 5.54 Å². The lowest BCUT2D eigenvalue weighted by Gasteiger charge is -2.37. The number of hydrogen-bond donors (Lipinski definition) is 2. The fourth-order valence-corrected chi connectivity index (χ4v) is 2.16. The van der Waals surface area contributed by atoms with E-state index in [-0.39, 0.29) is 5.91 Å². The summed E-state index contributed by atoms with van der Waals surface area (Å²) in [6.45, 7) is 6.99. The molecule has 88 valence electrons. The summed E-state index contributed by atoms with van der Waals surface area (Å²) in [6.07, 6.45) is 2.52. The number of carbonyl (C=O) groups is 1.